The van der Waals surface area contributed by atoms with Crippen LogP contribution in [0.15, 0.2) is 78.9 Å². The van der Waals surface area contributed by atoms with E-state index in [0.29, 0.717) is 22.8 Å². The van der Waals surface area contributed by atoms with Crippen molar-refractivity contribution in [3.8, 4) is 5.75 Å². The van der Waals surface area contributed by atoms with Crippen molar-refractivity contribution in [3.05, 3.63) is 84.4 Å². The highest BCUT2D eigenvalue weighted by atomic mass is 16.6. The minimum absolute atomic E-state index is 0.219. The lowest BCUT2D eigenvalue weighted by Gasteiger charge is -2.31. The quantitative estimate of drug-likeness (QED) is 0.381. The van der Waals surface area contributed by atoms with E-state index in [4.69, 9.17) is 9.47 Å². The Labute approximate surface area is 246 Å². The van der Waals surface area contributed by atoms with Crippen LogP contribution < -0.4 is 24.8 Å². The Kier molecular flexibility index (Phi) is 10.7. The fourth-order valence-electron chi connectivity index (χ4n) is 3.97. The van der Waals surface area contributed by atoms with E-state index in [-0.39, 0.29) is 25.0 Å². The van der Waals surface area contributed by atoms with E-state index < -0.39 is 24.1 Å². The molecule has 222 valence electrons. The molecule has 0 aliphatic rings. The van der Waals surface area contributed by atoms with Crippen LogP contribution in [0.3, 0.4) is 0 Å². The summed E-state index contributed by atoms with van der Waals surface area (Å²) in [7, 11) is 3.13. The maximum absolute atomic E-state index is 14.0. The molecule has 1 N–H and O–H groups in total. The molecule has 3 aromatic carbocycles. The summed E-state index contributed by atoms with van der Waals surface area (Å²) in [6.07, 6.45) is -0.694. The third-order valence-corrected chi connectivity index (χ3v) is 6.20. The normalized spacial score (nSPS) is 10.8. The number of carbonyl (C=O) groups is 4. The molecule has 0 unspecified atom stereocenters. The van der Waals surface area contributed by atoms with E-state index in [2.05, 4.69) is 5.32 Å². The second-order valence-electron chi connectivity index (χ2n) is 10.6. The van der Waals surface area contributed by atoms with Gasteiger partial charge in [0, 0.05) is 31.5 Å². The van der Waals surface area contributed by atoms with Crippen molar-refractivity contribution in [2.75, 3.05) is 48.5 Å². The number of likely N-dealkylation sites (N-methyl/N-ethyl adjacent to an activating group) is 2. The Morgan fingerprint density at radius 1 is 0.786 bits per heavy atom. The largest absolute Gasteiger partial charge is 0.484 e. The lowest BCUT2D eigenvalue weighted by molar-refractivity contribution is -0.122. The van der Waals surface area contributed by atoms with E-state index in [0.717, 1.165) is 5.56 Å². The average Bonchev–Trinajstić information content (AvgIpc) is 2.96. The summed E-state index contributed by atoms with van der Waals surface area (Å²) in [6, 6.07) is 22.8. The van der Waals surface area contributed by atoms with E-state index in [1.54, 1.807) is 76.3 Å². The van der Waals surface area contributed by atoms with Crippen molar-refractivity contribution < 1.29 is 28.7 Å². The van der Waals surface area contributed by atoms with Crippen molar-refractivity contribution in [3.63, 3.8) is 0 Å². The van der Waals surface area contributed by atoms with Crippen LogP contribution in [0.1, 0.15) is 26.3 Å². The molecule has 0 aliphatic carbocycles. The van der Waals surface area contributed by atoms with Gasteiger partial charge in [0.15, 0.2) is 6.61 Å². The predicted octanol–water partition coefficient (Wildman–Crippen LogP) is 4.56. The molecule has 10 heteroatoms. The maximum atomic E-state index is 14.0. The monoisotopic (exact) mass is 574 g/mol. The summed E-state index contributed by atoms with van der Waals surface area (Å²) in [5.74, 6) is -0.867. The van der Waals surface area contributed by atoms with Crippen molar-refractivity contribution in [1.82, 2.24) is 5.32 Å². The summed E-state index contributed by atoms with van der Waals surface area (Å²) in [5, 5.41) is 2.49. The molecule has 0 bridgehead atoms. The molecule has 3 rings (SSSR count). The molecule has 0 radical (unpaired) electrons. The number of benzene rings is 3. The molecule has 4 amide bonds. The topological polar surface area (TPSA) is 108 Å². The van der Waals surface area contributed by atoms with Crippen molar-refractivity contribution in [2.24, 2.45) is 0 Å². The minimum Gasteiger partial charge on any atom is -0.484 e. The van der Waals surface area contributed by atoms with Crippen molar-refractivity contribution >= 4 is 40.9 Å². The minimum atomic E-state index is -0.800. The van der Waals surface area contributed by atoms with Gasteiger partial charge in [-0.25, -0.2) is 4.79 Å². The molecule has 42 heavy (non-hydrogen) atoms. The number of nitrogens with zero attached hydrogens (tertiary/aromatic N) is 3. The molecule has 0 heterocycles. The van der Waals surface area contributed by atoms with E-state index in [1.165, 1.54) is 21.7 Å². The number of hydrogen-bond donors (Lipinski definition) is 1. The van der Waals surface area contributed by atoms with Crippen LogP contribution in [-0.2, 0) is 19.1 Å². The first-order valence-electron chi connectivity index (χ1n) is 13.5. The number of para-hydroxylation sites is 2. The molecule has 0 aliphatic heterocycles. The van der Waals surface area contributed by atoms with Gasteiger partial charge >= 0.3 is 6.09 Å². The van der Waals surface area contributed by atoms with Crippen LogP contribution in [0.2, 0.25) is 0 Å². The zero-order chi connectivity index (χ0) is 30.9. The molecular formula is C32H38N4O6. The SMILES string of the molecule is CNC(=O)COc1cccc(N(CC(=O)N(C)c2ccccc2)C(=O)CN(C(=O)OC(C)(C)C)c2ccccc2C)c1. The third kappa shape index (κ3) is 8.82. The van der Waals surface area contributed by atoms with E-state index >= 15 is 0 Å². The van der Waals surface area contributed by atoms with Gasteiger partial charge in [-0.05, 0) is 63.6 Å². The Morgan fingerprint density at radius 3 is 2.05 bits per heavy atom. The first-order chi connectivity index (χ1) is 19.9. The standard InChI is InChI=1S/C32H38N4O6/c1-23-13-10-11-18-27(23)36(31(40)42-32(2,3)4)21-30(39)35(20-29(38)34(6)24-14-8-7-9-15-24)25-16-12-17-26(19-25)41-22-28(37)33-5/h7-19H,20-22H2,1-6H3,(H,33,37). The van der Waals surface area contributed by atoms with Crippen LogP contribution in [0.4, 0.5) is 21.9 Å². The lowest BCUT2D eigenvalue weighted by atomic mass is 10.1. The van der Waals surface area contributed by atoms with Gasteiger partial charge in [0.25, 0.3) is 5.91 Å². The number of carbonyl (C=O) groups excluding carboxylic acids is 4. The Bertz CT molecular complexity index is 1400. The molecule has 0 spiro atoms. The summed E-state index contributed by atoms with van der Waals surface area (Å²) in [5.41, 5.74) is 1.50. The second-order valence-corrected chi connectivity index (χ2v) is 10.6. The number of anilines is 3. The third-order valence-electron chi connectivity index (χ3n) is 6.20. The second kappa shape index (κ2) is 14.2. The Morgan fingerprint density at radius 2 is 1.40 bits per heavy atom. The number of hydrogen-bond acceptors (Lipinski definition) is 6. The van der Waals surface area contributed by atoms with Gasteiger partial charge in [-0.1, -0.05) is 42.5 Å². The molecule has 0 saturated heterocycles. The summed E-state index contributed by atoms with van der Waals surface area (Å²) >= 11 is 0. The Balaban J connectivity index is 1.98. The van der Waals surface area contributed by atoms with E-state index in [1.807, 2.05) is 37.3 Å². The van der Waals surface area contributed by atoms with Crippen LogP contribution in [0, 0.1) is 6.92 Å². The summed E-state index contributed by atoms with van der Waals surface area (Å²) in [6.45, 7) is 6.14. The maximum Gasteiger partial charge on any atom is 0.415 e. The van der Waals surface area contributed by atoms with Crippen LogP contribution in [0.25, 0.3) is 0 Å². The van der Waals surface area contributed by atoms with Gasteiger partial charge in [-0.2, -0.15) is 0 Å². The van der Waals surface area contributed by atoms with Gasteiger partial charge in [0.1, 0.15) is 24.4 Å². The van der Waals surface area contributed by atoms with Gasteiger partial charge in [0.2, 0.25) is 11.8 Å². The smallest absolute Gasteiger partial charge is 0.415 e. The highest BCUT2D eigenvalue weighted by Crippen LogP contribution is 2.26. The molecule has 0 fully saturated rings. The molecule has 3 aromatic rings. The highest BCUT2D eigenvalue weighted by Gasteiger charge is 2.30. The van der Waals surface area contributed by atoms with Crippen LogP contribution in [0.5, 0.6) is 5.75 Å². The fraction of sp³-hybridized carbons (Fsp3) is 0.312. The van der Waals surface area contributed by atoms with E-state index in [9.17, 15) is 19.2 Å². The number of ether oxygens (including phenoxy) is 2. The van der Waals surface area contributed by atoms with Gasteiger partial charge in [-0.15, -0.1) is 0 Å². The first kappa shape index (κ1) is 31.7. The predicted molar refractivity (Wildman–Crippen MR) is 163 cm³/mol. The zero-order valence-corrected chi connectivity index (χ0v) is 24.9. The zero-order valence-electron chi connectivity index (χ0n) is 24.9. The number of rotatable bonds is 10. The Hall–Kier alpha value is -4.86. The van der Waals surface area contributed by atoms with Crippen molar-refractivity contribution in [1.29, 1.82) is 0 Å². The van der Waals surface area contributed by atoms with Gasteiger partial charge < -0.3 is 24.6 Å². The summed E-state index contributed by atoms with van der Waals surface area (Å²) in [4.78, 5) is 56.6. The van der Waals surface area contributed by atoms with Crippen LogP contribution in [-0.4, -0.2) is 63.2 Å². The van der Waals surface area contributed by atoms with Gasteiger partial charge in [-0.3, -0.25) is 19.3 Å². The highest BCUT2D eigenvalue weighted by molar-refractivity contribution is 6.07. The first-order valence-corrected chi connectivity index (χ1v) is 13.5. The lowest BCUT2D eigenvalue weighted by Crippen LogP contribution is -2.48. The molecular weight excluding hydrogens is 536 g/mol. The van der Waals surface area contributed by atoms with Crippen molar-refractivity contribution in [2.45, 2.75) is 33.3 Å². The van der Waals surface area contributed by atoms with Crippen LogP contribution >= 0.6 is 0 Å². The number of nitrogens with one attached hydrogen (secondary N) is 1. The molecule has 10 nitrogen and oxygen atoms in total. The number of amides is 4. The number of aryl methyl sites for hydroxylation is 1. The van der Waals surface area contributed by atoms with Gasteiger partial charge in [0.05, 0.1) is 5.69 Å². The molecule has 0 saturated carbocycles. The molecule has 0 aromatic heterocycles. The summed E-state index contributed by atoms with van der Waals surface area (Å²) < 4.78 is 11.2. The molecule has 0 atom stereocenters. The average molecular weight is 575 g/mol. The fourth-order valence-corrected chi connectivity index (χ4v) is 3.97.